The van der Waals surface area contributed by atoms with E-state index in [1.165, 1.54) is 12.1 Å². The molecule has 2 rings (SSSR count). The van der Waals surface area contributed by atoms with E-state index in [9.17, 15) is 4.39 Å². The Morgan fingerprint density at radius 2 is 1.95 bits per heavy atom. The van der Waals surface area contributed by atoms with Crippen molar-refractivity contribution in [3.63, 3.8) is 0 Å². The van der Waals surface area contributed by atoms with Crippen molar-refractivity contribution in [1.29, 1.82) is 0 Å². The molecule has 0 radical (unpaired) electrons. The van der Waals surface area contributed by atoms with Gasteiger partial charge in [0.1, 0.15) is 24.0 Å². The predicted octanol–water partition coefficient (Wildman–Crippen LogP) is 3.50. The average molecular weight is 325 g/mol. The third-order valence-corrected chi connectivity index (χ3v) is 3.08. The summed E-state index contributed by atoms with van der Waals surface area (Å²) in [4.78, 5) is 6.29. The summed E-state index contributed by atoms with van der Waals surface area (Å²) in [5, 5.41) is 0. The molecule has 0 saturated carbocycles. The summed E-state index contributed by atoms with van der Waals surface area (Å²) in [6.45, 7) is 1.21. The molecule has 0 fully saturated rings. The zero-order valence-corrected chi connectivity index (χ0v) is 12.1. The predicted molar refractivity (Wildman–Crippen MR) is 77.1 cm³/mol. The fourth-order valence-corrected chi connectivity index (χ4v) is 1.77. The Labute approximate surface area is 120 Å². The Hall–Kier alpha value is -1.62. The molecule has 0 atom stereocenters. The maximum Gasteiger partial charge on any atom is 0.128 e. The Kier molecular flexibility index (Phi) is 4.74. The van der Waals surface area contributed by atoms with E-state index in [4.69, 9.17) is 4.74 Å². The van der Waals surface area contributed by atoms with Crippen LogP contribution in [0.1, 0.15) is 0 Å². The number of rotatable bonds is 5. The molecule has 0 aliphatic heterocycles. The number of anilines is 1. The second-order valence-corrected chi connectivity index (χ2v) is 4.97. The fourth-order valence-electron chi connectivity index (χ4n) is 1.54. The second kappa shape index (κ2) is 6.52. The Morgan fingerprint density at radius 3 is 2.58 bits per heavy atom. The number of aromatic nitrogens is 1. The topological polar surface area (TPSA) is 25.4 Å². The minimum Gasteiger partial charge on any atom is -0.492 e. The average Bonchev–Trinajstić information content (AvgIpc) is 2.41. The van der Waals surface area contributed by atoms with Crippen LogP contribution in [0, 0.1) is 5.82 Å². The number of likely N-dealkylation sites (N-methyl/N-ethyl adjacent to an activating group) is 1. The minimum absolute atomic E-state index is 0.261. The largest absolute Gasteiger partial charge is 0.492 e. The molecule has 1 heterocycles. The number of pyridine rings is 1. The normalized spacial score (nSPS) is 10.3. The third-order valence-electron chi connectivity index (χ3n) is 2.61. The van der Waals surface area contributed by atoms with Crippen molar-refractivity contribution in [2.24, 2.45) is 0 Å². The summed E-state index contributed by atoms with van der Waals surface area (Å²) in [5.41, 5.74) is 0. The van der Waals surface area contributed by atoms with Gasteiger partial charge in [-0.15, -0.1) is 0 Å². The van der Waals surface area contributed by atoms with Crippen molar-refractivity contribution < 1.29 is 9.13 Å². The summed E-state index contributed by atoms with van der Waals surface area (Å²) in [6.07, 6.45) is 1.76. The van der Waals surface area contributed by atoms with Gasteiger partial charge in [-0.3, -0.25) is 0 Å². The van der Waals surface area contributed by atoms with E-state index >= 15 is 0 Å². The van der Waals surface area contributed by atoms with Gasteiger partial charge in [0.2, 0.25) is 0 Å². The SMILES string of the molecule is CN(CCOc1ccc(F)cc1)c1ccc(Br)cn1. The summed E-state index contributed by atoms with van der Waals surface area (Å²) >= 11 is 3.35. The van der Waals surface area contributed by atoms with Crippen LogP contribution in [0.4, 0.5) is 10.2 Å². The first-order valence-electron chi connectivity index (χ1n) is 5.86. The number of nitrogens with zero attached hydrogens (tertiary/aromatic N) is 2. The van der Waals surface area contributed by atoms with Crippen molar-refractivity contribution in [2.75, 3.05) is 25.1 Å². The van der Waals surface area contributed by atoms with Gasteiger partial charge in [0, 0.05) is 17.7 Å². The molecule has 0 saturated heterocycles. The van der Waals surface area contributed by atoms with E-state index in [0.29, 0.717) is 18.9 Å². The van der Waals surface area contributed by atoms with E-state index in [1.54, 1.807) is 18.3 Å². The lowest BCUT2D eigenvalue weighted by molar-refractivity contribution is 0.325. The second-order valence-electron chi connectivity index (χ2n) is 4.06. The Balaban J connectivity index is 1.82. The highest BCUT2D eigenvalue weighted by Crippen LogP contribution is 2.14. The molecule has 100 valence electrons. The summed E-state index contributed by atoms with van der Waals surface area (Å²) in [6, 6.07) is 9.88. The zero-order chi connectivity index (χ0) is 13.7. The zero-order valence-electron chi connectivity index (χ0n) is 10.5. The van der Waals surface area contributed by atoms with Crippen LogP contribution in [0.25, 0.3) is 0 Å². The lowest BCUT2D eigenvalue weighted by Crippen LogP contribution is -2.24. The van der Waals surface area contributed by atoms with E-state index in [0.717, 1.165) is 10.3 Å². The lowest BCUT2D eigenvalue weighted by Gasteiger charge is -2.18. The van der Waals surface area contributed by atoms with Crippen LogP contribution in [0.5, 0.6) is 5.75 Å². The van der Waals surface area contributed by atoms with Crippen LogP contribution in [-0.4, -0.2) is 25.2 Å². The Bertz CT molecular complexity index is 516. The minimum atomic E-state index is -0.261. The van der Waals surface area contributed by atoms with Gasteiger partial charge < -0.3 is 9.64 Å². The molecular weight excluding hydrogens is 311 g/mol. The first-order chi connectivity index (χ1) is 9.15. The molecule has 0 bridgehead atoms. The molecule has 2 aromatic rings. The molecular formula is C14H14BrFN2O. The van der Waals surface area contributed by atoms with Crippen LogP contribution in [-0.2, 0) is 0 Å². The van der Waals surface area contributed by atoms with Crippen molar-refractivity contribution in [3.05, 3.63) is 52.9 Å². The van der Waals surface area contributed by atoms with Crippen LogP contribution in [0.15, 0.2) is 47.1 Å². The molecule has 3 nitrogen and oxygen atoms in total. The molecule has 19 heavy (non-hydrogen) atoms. The molecule has 0 amide bonds. The highest BCUT2D eigenvalue weighted by molar-refractivity contribution is 9.10. The molecule has 1 aromatic heterocycles. The van der Waals surface area contributed by atoms with Gasteiger partial charge in [-0.2, -0.15) is 0 Å². The van der Waals surface area contributed by atoms with Crippen LogP contribution >= 0.6 is 15.9 Å². The van der Waals surface area contributed by atoms with Crippen LogP contribution < -0.4 is 9.64 Å². The molecule has 0 aliphatic carbocycles. The van der Waals surface area contributed by atoms with Crippen LogP contribution in [0.3, 0.4) is 0 Å². The van der Waals surface area contributed by atoms with Crippen molar-refractivity contribution >= 4 is 21.7 Å². The number of hydrogen-bond donors (Lipinski definition) is 0. The first kappa shape index (κ1) is 13.8. The molecule has 0 unspecified atom stereocenters. The number of hydrogen-bond acceptors (Lipinski definition) is 3. The van der Waals surface area contributed by atoms with Gasteiger partial charge in [0.15, 0.2) is 0 Å². The van der Waals surface area contributed by atoms with Gasteiger partial charge in [-0.25, -0.2) is 9.37 Å². The summed E-state index contributed by atoms with van der Waals surface area (Å²) in [7, 11) is 1.95. The maximum atomic E-state index is 12.7. The quantitative estimate of drug-likeness (QED) is 0.841. The number of benzene rings is 1. The van der Waals surface area contributed by atoms with Gasteiger partial charge >= 0.3 is 0 Å². The van der Waals surface area contributed by atoms with Crippen molar-refractivity contribution in [3.8, 4) is 5.75 Å². The van der Waals surface area contributed by atoms with E-state index in [2.05, 4.69) is 20.9 Å². The van der Waals surface area contributed by atoms with Crippen LogP contribution in [0.2, 0.25) is 0 Å². The van der Waals surface area contributed by atoms with Gasteiger partial charge in [-0.1, -0.05) is 0 Å². The molecule has 0 aliphatic rings. The first-order valence-corrected chi connectivity index (χ1v) is 6.65. The fraction of sp³-hybridized carbons (Fsp3) is 0.214. The highest BCUT2D eigenvalue weighted by atomic mass is 79.9. The molecule has 0 N–H and O–H groups in total. The lowest BCUT2D eigenvalue weighted by atomic mass is 10.3. The Morgan fingerprint density at radius 1 is 1.21 bits per heavy atom. The van der Waals surface area contributed by atoms with E-state index in [-0.39, 0.29) is 5.82 Å². The van der Waals surface area contributed by atoms with Gasteiger partial charge in [-0.05, 0) is 52.3 Å². The highest BCUT2D eigenvalue weighted by Gasteiger charge is 2.02. The van der Waals surface area contributed by atoms with Crippen molar-refractivity contribution in [2.45, 2.75) is 0 Å². The molecule has 5 heteroatoms. The van der Waals surface area contributed by atoms with Gasteiger partial charge in [0.25, 0.3) is 0 Å². The van der Waals surface area contributed by atoms with Crippen molar-refractivity contribution in [1.82, 2.24) is 4.98 Å². The van der Waals surface area contributed by atoms with E-state index < -0.39 is 0 Å². The third kappa shape index (κ3) is 4.21. The molecule has 1 aromatic carbocycles. The van der Waals surface area contributed by atoms with Gasteiger partial charge in [0.05, 0.1) is 6.54 Å². The summed E-state index contributed by atoms with van der Waals surface area (Å²) < 4.78 is 19.2. The summed E-state index contributed by atoms with van der Waals surface area (Å²) in [5.74, 6) is 1.29. The maximum absolute atomic E-state index is 12.7. The van der Waals surface area contributed by atoms with E-state index in [1.807, 2.05) is 24.1 Å². The molecule has 0 spiro atoms. The number of halogens is 2. The standard InChI is InChI=1S/C14H14BrFN2O/c1-18(14-7-2-11(15)10-17-14)8-9-19-13-5-3-12(16)4-6-13/h2-7,10H,8-9H2,1H3. The number of ether oxygens (including phenoxy) is 1. The monoisotopic (exact) mass is 324 g/mol. The smallest absolute Gasteiger partial charge is 0.128 e.